The van der Waals surface area contributed by atoms with Crippen LogP contribution in [0.1, 0.15) is 50.6 Å². The highest BCUT2D eigenvalue weighted by Crippen LogP contribution is 2.51. The number of ketones is 1. The van der Waals surface area contributed by atoms with Crippen molar-refractivity contribution in [2.75, 3.05) is 6.54 Å². The SMILES string of the molecule is C=CCN1[C@H]2CCCCC(=O)[C@@]2(C)C[C@H]1c1cccc(F)c1. The number of benzene rings is 1. The van der Waals surface area contributed by atoms with Crippen LogP contribution in [0.25, 0.3) is 0 Å². The molecule has 1 saturated heterocycles. The predicted molar refractivity (Wildman–Crippen MR) is 86.0 cm³/mol. The van der Waals surface area contributed by atoms with E-state index in [9.17, 15) is 9.18 Å². The lowest BCUT2D eigenvalue weighted by molar-refractivity contribution is -0.128. The van der Waals surface area contributed by atoms with E-state index in [-0.39, 0.29) is 23.3 Å². The molecule has 0 amide bonds. The van der Waals surface area contributed by atoms with E-state index in [0.717, 1.165) is 37.8 Å². The van der Waals surface area contributed by atoms with Crippen molar-refractivity contribution in [3.05, 3.63) is 48.3 Å². The molecular formula is C19H24FNO. The number of Topliss-reactive ketones (excluding diaryl/α,β-unsaturated/α-hetero) is 1. The third-order valence-corrected chi connectivity index (χ3v) is 5.50. The van der Waals surface area contributed by atoms with E-state index in [1.54, 1.807) is 12.1 Å². The lowest BCUT2D eigenvalue weighted by Gasteiger charge is -2.33. The third kappa shape index (κ3) is 2.52. The third-order valence-electron chi connectivity index (χ3n) is 5.50. The van der Waals surface area contributed by atoms with Crippen molar-refractivity contribution in [3.63, 3.8) is 0 Å². The molecule has 0 unspecified atom stereocenters. The zero-order chi connectivity index (χ0) is 15.7. The number of fused-ring (bicyclic) bond motifs is 1. The molecule has 3 heteroatoms. The van der Waals surface area contributed by atoms with E-state index in [0.29, 0.717) is 12.2 Å². The van der Waals surface area contributed by atoms with Crippen molar-refractivity contribution in [3.8, 4) is 0 Å². The summed E-state index contributed by atoms with van der Waals surface area (Å²) in [6.45, 7) is 6.73. The van der Waals surface area contributed by atoms with Gasteiger partial charge < -0.3 is 0 Å². The van der Waals surface area contributed by atoms with Gasteiger partial charge >= 0.3 is 0 Å². The number of hydrogen-bond acceptors (Lipinski definition) is 2. The quantitative estimate of drug-likeness (QED) is 0.777. The van der Waals surface area contributed by atoms with Crippen LogP contribution in [0, 0.1) is 11.2 Å². The van der Waals surface area contributed by atoms with Crippen molar-refractivity contribution in [2.45, 2.75) is 51.1 Å². The molecular weight excluding hydrogens is 277 g/mol. The monoisotopic (exact) mass is 301 g/mol. The van der Waals surface area contributed by atoms with E-state index in [1.807, 2.05) is 12.1 Å². The van der Waals surface area contributed by atoms with Crippen molar-refractivity contribution in [1.82, 2.24) is 4.90 Å². The van der Waals surface area contributed by atoms with Crippen LogP contribution >= 0.6 is 0 Å². The first-order chi connectivity index (χ1) is 10.6. The molecule has 3 atom stereocenters. The highest BCUT2D eigenvalue weighted by atomic mass is 19.1. The lowest BCUT2D eigenvalue weighted by Crippen LogP contribution is -2.41. The van der Waals surface area contributed by atoms with E-state index in [2.05, 4.69) is 18.4 Å². The van der Waals surface area contributed by atoms with E-state index in [4.69, 9.17) is 0 Å². The summed E-state index contributed by atoms with van der Waals surface area (Å²) in [5, 5.41) is 0. The standard InChI is InChI=1S/C19H24FNO/c1-3-11-21-16(14-7-6-8-15(20)12-14)13-19(2)17(21)9-4-5-10-18(19)22/h3,6-8,12,16-17H,1,4-5,9-11,13H2,2H3/t16-,17-,19-/m0/s1. The Bertz CT molecular complexity index is 585. The number of halogens is 1. The summed E-state index contributed by atoms with van der Waals surface area (Å²) < 4.78 is 13.6. The molecule has 1 aromatic rings. The Labute approximate surface area is 132 Å². The number of carbonyl (C=O) groups is 1. The maximum absolute atomic E-state index is 13.6. The van der Waals surface area contributed by atoms with Gasteiger partial charge in [-0.1, -0.05) is 31.6 Å². The average Bonchev–Trinajstić information content (AvgIpc) is 2.69. The second-order valence-corrected chi connectivity index (χ2v) is 6.86. The molecule has 0 spiro atoms. The number of nitrogens with zero attached hydrogens (tertiary/aromatic N) is 1. The van der Waals surface area contributed by atoms with Gasteiger partial charge in [0.05, 0.1) is 0 Å². The molecule has 1 heterocycles. The van der Waals surface area contributed by atoms with Gasteiger partial charge in [-0.2, -0.15) is 0 Å². The van der Waals surface area contributed by atoms with Crippen molar-refractivity contribution in [2.24, 2.45) is 5.41 Å². The molecule has 1 saturated carbocycles. The van der Waals surface area contributed by atoms with Gasteiger partial charge in [-0.25, -0.2) is 4.39 Å². The highest BCUT2D eigenvalue weighted by molar-refractivity contribution is 5.86. The van der Waals surface area contributed by atoms with Gasteiger partial charge in [-0.05, 0) is 37.0 Å². The number of likely N-dealkylation sites (tertiary alicyclic amines) is 1. The molecule has 2 fully saturated rings. The smallest absolute Gasteiger partial charge is 0.140 e. The fourth-order valence-corrected chi connectivity index (χ4v) is 4.36. The predicted octanol–water partition coefficient (Wildman–Crippen LogP) is 4.28. The molecule has 2 aliphatic rings. The first-order valence-electron chi connectivity index (χ1n) is 8.21. The van der Waals surface area contributed by atoms with Crippen LogP contribution in [-0.2, 0) is 4.79 Å². The van der Waals surface area contributed by atoms with Gasteiger partial charge in [0.15, 0.2) is 0 Å². The Kier molecular flexibility index (Phi) is 4.18. The lowest BCUT2D eigenvalue weighted by atomic mass is 9.76. The van der Waals surface area contributed by atoms with Gasteiger partial charge in [0.25, 0.3) is 0 Å². The van der Waals surface area contributed by atoms with E-state index >= 15 is 0 Å². The summed E-state index contributed by atoms with van der Waals surface area (Å²) >= 11 is 0. The Morgan fingerprint density at radius 3 is 3.00 bits per heavy atom. The summed E-state index contributed by atoms with van der Waals surface area (Å²) in [5.41, 5.74) is 0.667. The number of rotatable bonds is 3. The van der Waals surface area contributed by atoms with Gasteiger partial charge in [0, 0.05) is 30.5 Å². The zero-order valence-electron chi connectivity index (χ0n) is 13.2. The highest BCUT2D eigenvalue weighted by Gasteiger charge is 2.53. The Morgan fingerprint density at radius 2 is 2.27 bits per heavy atom. The van der Waals surface area contributed by atoms with Gasteiger partial charge in [0.2, 0.25) is 0 Å². The molecule has 3 rings (SSSR count). The molecule has 0 bridgehead atoms. The Hall–Kier alpha value is -1.48. The van der Waals surface area contributed by atoms with Crippen LogP contribution in [0.5, 0.6) is 0 Å². The molecule has 22 heavy (non-hydrogen) atoms. The zero-order valence-corrected chi connectivity index (χ0v) is 13.2. The van der Waals surface area contributed by atoms with Crippen LogP contribution in [0.2, 0.25) is 0 Å². The Morgan fingerprint density at radius 1 is 1.45 bits per heavy atom. The van der Waals surface area contributed by atoms with Crippen molar-refractivity contribution in [1.29, 1.82) is 0 Å². The van der Waals surface area contributed by atoms with Gasteiger partial charge in [-0.15, -0.1) is 6.58 Å². The minimum absolute atomic E-state index is 0.103. The van der Waals surface area contributed by atoms with E-state index in [1.165, 1.54) is 6.07 Å². The summed E-state index contributed by atoms with van der Waals surface area (Å²) in [6.07, 6.45) is 6.50. The largest absolute Gasteiger partial charge is 0.299 e. The van der Waals surface area contributed by atoms with Crippen molar-refractivity contribution >= 4 is 5.78 Å². The normalized spacial score (nSPS) is 32.5. The molecule has 1 aromatic carbocycles. The van der Waals surface area contributed by atoms with Gasteiger partial charge in [-0.3, -0.25) is 9.69 Å². The second-order valence-electron chi connectivity index (χ2n) is 6.86. The molecule has 1 aliphatic heterocycles. The van der Waals surface area contributed by atoms with E-state index < -0.39 is 0 Å². The van der Waals surface area contributed by atoms with Crippen LogP contribution in [0.4, 0.5) is 4.39 Å². The molecule has 0 radical (unpaired) electrons. The van der Waals surface area contributed by atoms with Crippen LogP contribution in [0.3, 0.4) is 0 Å². The van der Waals surface area contributed by atoms with Gasteiger partial charge in [0.1, 0.15) is 11.6 Å². The maximum atomic E-state index is 13.6. The summed E-state index contributed by atoms with van der Waals surface area (Å²) in [4.78, 5) is 15.1. The minimum Gasteiger partial charge on any atom is -0.299 e. The second kappa shape index (κ2) is 5.96. The number of hydrogen-bond donors (Lipinski definition) is 0. The first kappa shape index (κ1) is 15.4. The summed E-state index contributed by atoms with van der Waals surface area (Å²) in [6, 6.07) is 7.17. The average molecular weight is 301 g/mol. The summed E-state index contributed by atoms with van der Waals surface area (Å²) in [7, 11) is 0. The molecule has 0 aromatic heterocycles. The fourth-order valence-electron chi connectivity index (χ4n) is 4.36. The molecule has 1 aliphatic carbocycles. The van der Waals surface area contributed by atoms with Crippen LogP contribution < -0.4 is 0 Å². The minimum atomic E-state index is -0.309. The number of carbonyl (C=O) groups excluding carboxylic acids is 1. The van der Waals surface area contributed by atoms with Crippen LogP contribution in [-0.4, -0.2) is 23.3 Å². The van der Waals surface area contributed by atoms with Crippen molar-refractivity contribution < 1.29 is 9.18 Å². The molecule has 0 N–H and O–H groups in total. The Balaban J connectivity index is 2.00. The maximum Gasteiger partial charge on any atom is 0.140 e. The fraction of sp³-hybridized carbons (Fsp3) is 0.526. The topological polar surface area (TPSA) is 20.3 Å². The molecule has 2 nitrogen and oxygen atoms in total. The first-order valence-corrected chi connectivity index (χ1v) is 8.21. The molecule has 118 valence electrons. The summed E-state index contributed by atoms with van der Waals surface area (Å²) in [5.74, 6) is 0.169. The van der Waals surface area contributed by atoms with Crippen LogP contribution in [0.15, 0.2) is 36.9 Å².